The summed E-state index contributed by atoms with van der Waals surface area (Å²) in [5, 5.41) is 3.75. The summed E-state index contributed by atoms with van der Waals surface area (Å²) in [6.45, 7) is 3.36. The second-order valence-corrected chi connectivity index (χ2v) is 6.64. The van der Waals surface area contributed by atoms with E-state index in [1.165, 1.54) is 29.8 Å². The van der Waals surface area contributed by atoms with Crippen LogP contribution in [0.3, 0.4) is 0 Å². The number of rotatable bonds is 6. The van der Waals surface area contributed by atoms with Crippen molar-refractivity contribution in [1.82, 2.24) is 0 Å². The Kier molecular flexibility index (Phi) is 6.63. The molecule has 0 spiro atoms. The summed E-state index contributed by atoms with van der Waals surface area (Å²) >= 11 is 3.04. The maximum absolute atomic E-state index is 12.5. The number of hydrogen-bond acceptors (Lipinski definition) is 4. The minimum absolute atomic E-state index is 0.151. The number of anilines is 1. The van der Waals surface area contributed by atoms with Crippen LogP contribution in [0.5, 0.6) is 0 Å². The van der Waals surface area contributed by atoms with Crippen LogP contribution in [0.2, 0.25) is 0 Å². The zero-order valence-electron chi connectivity index (χ0n) is 12.2. The van der Waals surface area contributed by atoms with E-state index < -0.39 is 15.5 Å². The lowest BCUT2D eigenvalue weighted by molar-refractivity contribution is -0.0429. The zero-order chi connectivity index (χ0) is 17.7. The molecular weight excluding hydrogens is 401 g/mol. The van der Waals surface area contributed by atoms with E-state index in [9.17, 15) is 21.6 Å². The van der Waals surface area contributed by atoms with Crippen molar-refractivity contribution in [1.29, 1.82) is 0 Å². The third-order valence-electron chi connectivity index (χ3n) is 2.58. The number of alkyl halides is 3. The van der Waals surface area contributed by atoms with Gasteiger partial charge in [-0.25, -0.2) is 0 Å². The summed E-state index contributed by atoms with van der Waals surface area (Å²) in [7, 11) is -5.51. The van der Waals surface area contributed by atoms with Crippen molar-refractivity contribution in [2.24, 2.45) is 5.16 Å². The van der Waals surface area contributed by atoms with Gasteiger partial charge in [-0.15, -0.1) is 0 Å². The molecule has 0 atom stereocenters. The molecule has 10 heteroatoms. The topological polar surface area (TPSA) is 67.8 Å². The maximum atomic E-state index is 12.5. The van der Waals surface area contributed by atoms with E-state index in [1.807, 2.05) is 0 Å². The normalized spacial score (nSPS) is 13.4. The smallest absolute Gasteiger partial charge is 0.391 e. The molecule has 0 heterocycles. The van der Waals surface area contributed by atoms with Crippen LogP contribution in [-0.2, 0) is 14.9 Å². The fourth-order valence-corrected chi connectivity index (χ4v) is 2.25. The van der Waals surface area contributed by atoms with E-state index in [0.29, 0.717) is 0 Å². The average Bonchev–Trinajstić information content (AvgIpc) is 2.44. The van der Waals surface area contributed by atoms with Crippen LogP contribution in [-0.4, -0.2) is 26.2 Å². The van der Waals surface area contributed by atoms with E-state index >= 15 is 0 Å². The summed E-state index contributed by atoms with van der Waals surface area (Å²) in [4.78, 5) is 6.52. The molecule has 0 aromatic heterocycles. The van der Waals surface area contributed by atoms with Gasteiger partial charge in [0.2, 0.25) is 0 Å². The fraction of sp³-hybridized carbons (Fsp3) is 0.308. The van der Waals surface area contributed by atoms with Gasteiger partial charge in [0, 0.05) is 5.56 Å². The molecule has 0 amide bonds. The molecule has 1 N–H and O–H groups in total. The van der Waals surface area contributed by atoms with Crippen LogP contribution < -0.4 is 4.72 Å². The van der Waals surface area contributed by atoms with Gasteiger partial charge >= 0.3 is 15.5 Å². The first-order chi connectivity index (χ1) is 10.6. The van der Waals surface area contributed by atoms with Crippen LogP contribution in [0.1, 0.15) is 18.1 Å². The van der Waals surface area contributed by atoms with Crippen molar-refractivity contribution in [2.75, 3.05) is 11.3 Å². The Morgan fingerprint density at radius 2 is 2.09 bits per heavy atom. The third kappa shape index (κ3) is 5.54. The number of hydrogen-bond donors (Lipinski definition) is 1. The SMILES string of the molecule is C/C(=N\OC/C=C/Br)c1cc(C)ccc1NS(=O)(=O)C(F)(F)F. The van der Waals surface area contributed by atoms with E-state index in [0.717, 1.165) is 5.56 Å². The van der Waals surface area contributed by atoms with E-state index in [2.05, 4.69) is 21.1 Å². The first-order valence-corrected chi connectivity index (χ1v) is 8.60. The molecule has 0 aliphatic rings. The van der Waals surface area contributed by atoms with Gasteiger partial charge in [0.25, 0.3) is 0 Å². The Balaban J connectivity index is 3.16. The largest absolute Gasteiger partial charge is 0.516 e. The highest BCUT2D eigenvalue weighted by molar-refractivity contribution is 9.11. The van der Waals surface area contributed by atoms with Crippen LogP contribution in [0, 0.1) is 6.92 Å². The van der Waals surface area contributed by atoms with Crippen molar-refractivity contribution in [3.05, 3.63) is 40.4 Å². The first-order valence-electron chi connectivity index (χ1n) is 6.20. The number of aryl methyl sites for hydroxylation is 1. The van der Waals surface area contributed by atoms with Crippen LogP contribution >= 0.6 is 15.9 Å². The van der Waals surface area contributed by atoms with Gasteiger partial charge in [0.05, 0.1) is 11.4 Å². The van der Waals surface area contributed by atoms with Crippen molar-refractivity contribution in [2.45, 2.75) is 19.4 Å². The van der Waals surface area contributed by atoms with Gasteiger partial charge in [0.15, 0.2) is 0 Å². The zero-order valence-corrected chi connectivity index (χ0v) is 14.6. The van der Waals surface area contributed by atoms with Gasteiger partial charge in [-0.1, -0.05) is 32.7 Å². The van der Waals surface area contributed by atoms with E-state index in [1.54, 1.807) is 18.0 Å². The molecule has 0 fully saturated rings. The van der Waals surface area contributed by atoms with Crippen molar-refractivity contribution < 1.29 is 26.4 Å². The van der Waals surface area contributed by atoms with Crippen molar-refractivity contribution in [3.8, 4) is 0 Å². The molecule has 23 heavy (non-hydrogen) atoms. The number of oxime groups is 1. The van der Waals surface area contributed by atoms with Crippen LogP contribution in [0.15, 0.2) is 34.4 Å². The molecule has 1 aromatic carbocycles. The number of nitrogens with zero attached hydrogens (tertiary/aromatic N) is 1. The van der Waals surface area contributed by atoms with E-state index in [4.69, 9.17) is 4.84 Å². The highest BCUT2D eigenvalue weighted by Crippen LogP contribution is 2.27. The van der Waals surface area contributed by atoms with Crippen LogP contribution in [0.4, 0.5) is 18.9 Å². The molecule has 0 unspecified atom stereocenters. The Morgan fingerprint density at radius 3 is 2.65 bits per heavy atom. The van der Waals surface area contributed by atoms with Gasteiger partial charge in [-0.3, -0.25) is 4.72 Å². The number of halogens is 4. The Labute approximate surface area is 140 Å². The van der Waals surface area contributed by atoms with Crippen molar-refractivity contribution in [3.63, 3.8) is 0 Å². The molecule has 128 valence electrons. The second-order valence-electron chi connectivity index (χ2n) is 4.43. The number of benzene rings is 1. The minimum Gasteiger partial charge on any atom is -0.391 e. The predicted octanol–water partition coefficient (Wildman–Crippen LogP) is 3.91. The fourth-order valence-electron chi connectivity index (χ4n) is 1.51. The van der Waals surface area contributed by atoms with E-state index in [-0.39, 0.29) is 23.6 Å². The molecule has 1 aromatic rings. The first kappa shape index (κ1) is 19.5. The Bertz CT molecular complexity index is 716. The molecular formula is C13H14BrF3N2O3S. The number of sulfonamides is 1. The van der Waals surface area contributed by atoms with Gasteiger partial charge in [0.1, 0.15) is 6.61 Å². The molecule has 5 nitrogen and oxygen atoms in total. The quantitative estimate of drug-likeness (QED) is 0.435. The van der Waals surface area contributed by atoms with Gasteiger partial charge in [-0.05, 0) is 37.0 Å². The summed E-state index contributed by atoms with van der Waals surface area (Å²) in [5.74, 6) is 0. The lowest BCUT2D eigenvalue weighted by Gasteiger charge is -2.14. The summed E-state index contributed by atoms with van der Waals surface area (Å²) in [6, 6.07) is 4.24. The highest BCUT2D eigenvalue weighted by Gasteiger charge is 2.46. The van der Waals surface area contributed by atoms with Gasteiger partial charge < -0.3 is 4.84 Å². The predicted molar refractivity (Wildman–Crippen MR) is 86.0 cm³/mol. The second kappa shape index (κ2) is 7.82. The maximum Gasteiger partial charge on any atom is 0.516 e. The molecule has 0 saturated heterocycles. The minimum atomic E-state index is -5.51. The van der Waals surface area contributed by atoms with Crippen LogP contribution in [0.25, 0.3) is 0 Å². The summed E-state index contributed by atoms with van der Waals surface area (Å²) in [5.41, 5.74) is -4.48. The third-order valence-corrected chi connectivity index (χ3v) is 4.05. The van der Waals surface area contributed by atoms with Gasteiger partial charge in [-0.2, -0.15) is 21.6 Å². The monoisotopic (exact) mass is 414 g/mol. The molecule has 0 aliphatic carbocycles. The summed E-state index contributed by atoms with van der Waals surface area (Å²) in [6.07, 6.45) is 1.61. The Morgan fingerprint density at radius 1 is 1.43 bits per heavy atom. The summed E-state index contributed by atoms with van der Waals surface area (Å²) < 4.78 is 61.5. The standard InChI is InChI=1S/C13H14BrF3N2O3S/c1-9-4-5-12(19-23(20,21)13(15,16)17)11(8-9)10(2)18-22-7-3-6-14/h3-6,8,19H,7H2,1-2H3/b6-3+,18-10+. The van der Waals surface area contributed by atoms with Crippen molar-refractivity contribution >= 4 is 37.4 Å². The average molecular weight is 415 g/mol. The lowest BCUT2D eigenvalue weighted by atomic mass is 10.1. The number of nitrogens with one attached hydrogen (secondary N) is 1. The molecule has 1 rings (SSSR count). The lowest BCUT2D eigenvalue weighted by Crippen LogP contribution is -2.30. The highest BCUT2D eigenvalue weighted by atomic mass is 79.9. The molecule has 0 radical (unpaired) electrons. The molecule has 0 bridgehead atoms. The Hall–Kier alpha value is -1.55. The molecule has 0 aliphatic heterocycles. The molecule has 0 saturated carbocycles.